The molecule has 0 N–H and O–H groups in total. The van der Waals surface area contributed by atoms with E-state index in [0.717, 1.165) is 25.3 Å². The van der Waals surface area contributed by atoms with Crippen LogP contribution in [0.2, 0.25) is 0 Å². The maximum atomic E-state index is 13.0. The van der Waals surface area contributed by atoms with Crippen LogP contribution in [0.1, 0.15) is 35.7 Å². The molecule has 2 heterocycles. The van der Waals surface area contributed by atoms with Crippen molar-refractivity contribution >= 4 is 18.2 Å². The van der Waals surface area contributed by atoms with Crippen LogP contribution >= 0.6 is 12.4 Å². The summed E-state index contributed by atoms with van der Waals surface area (Å²) in [4.78, 5) is 15.5. The summed E-state index contributed by atoms with van der Waals surface area (Å²) in [5.74, 6) is 1.55. The second-order valence-electron chi connectivity index (χ2n) is 7.60. The van der Waals surface area contributed by atoms with Gasteiger partial charge in [-0.05, 0) is 49.6 Å². The van der Waals surface area contributed by atoms with Gasteiger partial charge < -0.3 is 9.47 Å². The Morgan fingerprint density at radius 1 is 1.11 bits per heavy atom. The van der Waals surface area contributed by atoms with Crippen LogP contribution in [0.3, 0.4) is 0 Å². The van der Waals surface area contributed by atoms with Crippen molar-refractivity contribution in [2.24, 2.45) is 5.92 Å². The van der Waals surface area contributed by atoms with Crippen LogP contribution in [0, 0.1) is 5.92 Å². The Bertz CT molecular complexity index is 796. The van der Waals surface area contributed by atoms with Crippen LogP contribution in [0.15, 0.2) is 48.5 Å². The third-order valence-corrected chi connectivity index (χ3v) is 5.60. The van der Waals surface area contributed by atoms with Crippen molar-refractivity contribution in [1.82, 2.24) is 4.90 Å². The van der Waals surface area contributed by atoms with E-state index < -0.39 is 0 Å². The standard InChI is InChI=1S/C23H27NO3.ClH/c1-17(23(25)19-9-10-21-22(15-19)27-13-12-26-21)16-24-11-5-8-20(24)14-18-6-3-2-4-7-18;/h2-4,6-7,9-10,15,17,20H,5,8,11-14,16H2,1H3;1H. The van der Waals surface area contributed by atoms with Gasteiger partial charge in [-0.3, -0.25) is 9.69 Å². The molecule has 150 valence electrons. The molecule has 2 aromatic rings. The third-order valence-electron chi connectivity index (χ3n) is 5.60. The molecule has 4 rings (SSSR count). The lowest BCUT2D eigenvalue weighted by Crippen LogP contribution is -2.36. The summed E-state index contributed by atoms with van der Waals surface area (Å²) in [6.07, 6.45) is 3.48. The Morgan fingerprint density at radius 2 is 1.86 bits per heavy atom. The summed E-state index contributed by atoms with van der Waals surface area (Å²) >= 11 is 0. The van der Waals surface area contributed by atoms with Gasteiger partial charge in [0.1, 0.15) is 13.2 Å². The number of ketones is 1. The molecule has 0 aliphatic carbocycles. The lowest BCUT2D eigenvalue weighted by atomic mass is 9.97. The Kier molecular flexibility index (Phi) is 6.97. The lowest BCUT2D eigenvalue weighted by molar-refractivity contribution is 0.0887. The number of nitrogens with zero attached hydrogens (tertiary/aromatic N) is 1. The molecule has 2 aliphatic heterocycles. The molecule has 4 nitrogen and oxygen atoms in total. The first kappa shape index (κ1) is 20.7. The minimum Gasteiger partial charge on any atom is -0.486 e. The molecule has 2 aliphatic rings. The zero-order valence-electron chi connectivity index (χ0n) is 16.3. The number of carbonyl (C=O) groups is 1. The molecule has 2 atom stereocenters. The molecule has 0 amide bonds. The Hall–Kier alpha value is -2.04. The highest BCUT2D eigenvalue weighted by Crippen LogP contribution is 2.32. The molecule has 1 fully saturated rings. The molecule has 0 bridgehead atoms. The SMILES string of the molecule is CC(CN1CCCC1Cc1ccccc1)C(=O)c1ccc2c(c1)OCCO2.Cl. The van der Waals surface area contributed by atoms with Gasteiger partial charge in [-0.25, -0.2) is 0 Å². The fourth-order valence-electron chi connectivity index (χ4n) is 4.17. The molecular weight excluding hydrogens is 374 g/mol. The predicted molar refractivity (Wildman–Crippen MR) is 113 cm³/mol. The fourth-order valence-corrected chi connectivity index (χ4v) is 4.17. The van der Waals surface area contributed by atoms with Crippen LogP contribution in [0.25, 0.3) is 0 Å². The van der Waals surface area contributed by atoms with Gasteiger partial charge in [-0.2, -0.15) is 0 Å². The van der Waals surface area contributed by atoms with E-state index in [2.05, 4.69) is 35.2 Å². The molecule has 0 radical (unpaired) electrons. The minimum atomic E-state index is -0.0380. The number of halogens is 1. The predicted octanol–water partition coefficient (Wildman–Crippen LogP) is 4.41. The van der Waals surface area contributed by atoms with Crippen molar-refractivity contribution in [3.63, 3.8) is 0 Å². The lowest BCUT2D eigenvalue weighted by Gasteiger charge is -2.27. The summed E-state index contributed by atoms with van der Waals surface area (Å²) in [6.45, 7) is 5.03. The molecule has 2 aromatic carbocycles. The van der Waals surface area contributed by atoms with Gasteiger partial charge >= 0.3 is 0 Å². The summed E-state index contributed by atoms with van der Waals surface area (Å²) in [6, 6.07) is 16.7. The van der Waals surface area contributed by atoms with E-state index in [-0.39, 0.29) is 24.1 Å². The Labute approximate surface area is 173 Å². The third kappa shape index (κ3) is 4.68. The smallest absolute Gasteiger partial charge is 0.167 e. The van der Waals surface area contributed by atoms with Crippen LogP contribution in [-0.2, 0) is 6.42 Å². The Balaban J connectivity index is 0.00000225. The van der Waals surface area contributed by atoms with E-state index in [1.807, 2.05) is 25.1 Å². The molecule has 28 heavy (non-hydrogen) atoms. The van der Waals surface area contributed by atoms with Crippen molar-refractivity contribution in [3.05, 3.63) is 59.7 Å². The van der Waals surface area contributed by atoms with E-state index in [4.69, 9.17) is 9.47 Å². The number of fused-ring (bicyclic) bond motifs is 1. The number of carbonyl (C=O) groups excluding carboxylic acids is 1. The van der Waals surface area contributed by atoms with Gasteiger partial charge in [0, 0.05) is 24.1 Å². The van der Waals surface area contributed by atoms with Crippen molar-refractivity contribution in [3.8, 4) is 11.5 Å². The van der Waals surface area contributed by atoms with Crippen molar-refractivity contribution < 1.29 is 14.3 Å². The minimum absolute atomic E-state index is 0. The maximum absolute atomic E-state index is 13.0. The molecule has 0 saturated carbocycles. The van der Waals surface area contributed by atoms with Crippen LogP contribution in [-0.4, -0.2) is 43.0 Å². The number of ether oxygens (including phenoxy) is 2. The average molecular weight is 402 g/mol. The summed E-state index contributed by atoms with van der Waals surface area (Å²) in [5.41, 5.74) is 2.09. The normalized spacial score (nSPS) is 19.7. The first-order valence-corrected chi connectivity index (χ1v) is 9.92. The van der Waals surface area contributed by atoms with Crippen LogP contribution in [0.4, 0.5) is 0 Å². The number of rotatable bonds is 6. The van der Waals surface area contributed by atoms with E-state index in [1.165, 1.54) is 18.4 Å². The summed E-state index contributed by atoms with van der Waals surface area (Å²) in [5, 5.41) is 0. The fraction of sp³-hybridized carbons (Fsp3) is 0.435. The molecule has 5 heteroatoms. The van der Waals surface area contributed by atoms with E-state index in [9.17, 15) is 4.79 Å². The zero-order chi connectivity index (χ0) is 18.6. The van der Waals surface area contributed by atoms with E-state index in [1.54, 1.807) is 0 Å². The largest absolute Gasteiger partial charge is 0.486 e. The van der Waals surface area contributed by atoms with Gasteiger partial charge in [0.15, 0.2) is 17.3 Å². The monoisotopic (exact) mass is 401 g/mol. The quantitative estimate of drug-likeness (QED) is 0.672. The number of Topliss-reactive ketones (excluding diaryl/α,β-unsaturated/α-hetero) is 1. The Morgan fingerprint density at radius 3 is 2.64 bits per heavy atom. The average Bonchev–Trinajstić information content (AvgIpc) is 3.14. The van der Waals surface area contributed by atoms with E-state index in [0.29, 0.717) is 30.6 Å². The molecule has 2 unspecified atom stereocenters. The zero-order valence-corrected chi connectivity index (χ0v) is 17.1. The highest BCUT2D eigenvalue weighted by Gasteiger charge is 2.28. The highest BCUT2D eigenvalue weighted by atomic mass is 35.5. The first-order valence-electron chi connectivity index (χ1n) is 9.92. The van der Waals surface area contributed by atoms with E-state index >= 15 is 0 Å². The van der Waals surface area contributed by atoms with Crippen molar-refractivity contribution in [1.29, 1.82) is 0 Å². The summed E-state index contributed by atoms with van der Waals surface area (Å²) < 4.78 is 11.2. The van der Waals surface area contributed by atoms with Gasteiger partial charge in [0.25, 0.3) is 0 Å². The highest BCUT2D eigenvalue weighted by molar-refractivity contribution is 5.98. The van der Waals surface area contributed by atoms with Gasteiger partial charge in [-0.1, -0.05) is 37.3 Å². The number of likely N-dealkylation sites (tertiary alicyclic amines) is 1. The van der Waals surface area contributed by atoms with Crippen molar-refractivity contribution in [2.45, 2.75) is 32.2 Å². The molecule has 0 spiro atoms. The van der Waals surface area contributed by atoms with Gasteiger partial charge in [-0.15, -0.1) is 12.4 Å². The van der Waals surface area contributed by atoms with Gasteiger partial charge in [0.2, 0.25) is 0 Å². The molecule has 1 saturated heterocycles. The molecular formula is C23H28ClNO3. The number of hydrogen-bond donors (Lipinski definition) is 0. The first-order chi connectivity index (χ1) is 13.2. The van der Waals surface area contributed by atoms with Crippen molar-refractivity contribution in [2.75, 3.05) is 26.3 Å². The second-order valence-corrected chi connectivity index (χ2v) is 7.60. The maximum Gasteiger partial charge on any atom is 0.167 e. The topological polar surface area (TPSA) is 38.8 Å². The molecule has 0 aromatic heterocycles. The number of hydrogen-bond acceptors (Lipinski definition) is 4. The van der Waals surface area contributed by atoms with Gasteiger partial charge in [0.05, 0.1) is 0 Å². The van der Waals surface area contributed by atoms with Crippen LogP contribution in [0.5, 0.6) is 11.5 Å². The summed E-state index contributed by atoms with van der Waals surface area (Å²) in [7, 11) is 0. The number of benzene rings is 2. The second kappa shape index (κ2) is 9.44. The van der Waals surface area contributed by atoms with Crippen LogP contribution < -0.4 is 9.47 Å².